The Labute approximate surface area is 124 Å². The first kappa shape index (κ1) is 14.3. The van der Waals surface area contributed by atoms with Crippen molar-refractivity contribution in [2.24, 2.45) is 18.9 Å². The number of hydrogen-bond donors (Lipinski definition) is 1. The van der Waals surface area contributed by atoms with Crippen LogP contribution in [0.25, 0.3) is 0 Å². The summed E-state index contributed by atoms with van der Waals surface area (Å²) in [4.78, 5) is 0. The van der Waals surface area contributed by atoms with Crippen LogP contribution in [0.4, 0.5) is 0 Å². The molecular weight excluding hydrogens is 300 g/mol. The van der Waals surface area contributed by atoms with Crippen LogP contribution in [-0.4, -0.2) is 48.2 Å². The first-order valence-electron chi connectivity index (χ1n) is 6.87. The van der Waals surface area contributed by atoms with E-state index >= 15 is 0 Å². The largest absolute Gasteiger partial charge is 0.316 e. The van der Waals surface area contributed by atoms with Crippen LogP contribution in [0.2, 0.25) is 5.02 Å². The van der Waals surface area contributed by atoms with Crippen LogP contribution in [-0.2, 0) is 17.1 Å². The first-order chi connectivity index (χ1) is 9.46. The highest BCUT2D eigenvalue weighted by Gasteiger charge is 2.49. The fourth-order valence-corrected chi connectivity index (χ4v) is 5.98. The highest BCUT2D eigenvalue weighted by molar-refractivity contribution is 7.89. The molecule has 8 heteroatoms. The van der Waals surface area contributed by atoms with Gasteiger partial charge in [0.2, 0.25) is 0 Å². The smallest absolute Gasteiger partial charge is 0.262 e. The molecule has 3 rings (SSSR count). The van der Waals surface area contributed by atoms with Gasteiger partial charge in [-0.25, -0.2) is 8.42 Å². The lowest BCUT2D eigenvalue weighted by Gasteiger charge is -2.26. The number of aryl methyl sites for hydroxylation is 1. The van der Waals surface area contributed by atoms with Crippen molar-refractivity contribution >= 4 is 21.6 Å². The van der Waals surface area contributed by atoms with Gasteiger partial charge in [0.1, 0.15) is 0 Å². The van der Waals surface area contributed by atoms with E-state index in [9.17, 15) is 8.42 Å². The second-order valence-electron chi connectivity index (χ2n) is 5.55. The van der Waals surface area contributed by atoms with E-state index in [1.165, 1.54) is 10.9 Å². The van der Waals surface area contributed by atoms with Gasteiger partial charge in [-0.2, -0.15) is 9.40 Å². The van der Waals surface area contributed by atoms with E-state index in [1.807, 2.05) is 6.92 Å². The number of sulfonamides is 1. The Balaban J connectivity index is 2.00. The van der Waals surface area contributed by atoms with Crippen molar-refractivity contribution in [1.29, 1.82) is 0 Å². The van der Waals surface area contributed by atoms with E-state index < -0.39 is 10.0 Å². The van der Waals surface area contributed by atoms with E-state index in [4.69, 9.17) is 11.6 Å². The van der Waals surface area contributed by atoms with Crippen LogP contribution < -0.4 is 5.32 Å². The molecule has 2 saturated heterocycles. The van der Waals surface area contributed by atoms with Crippen LogP contribution in [0.1, 0.15) is 13.3 Å². The molecule has 2 aliphatic heterocycles. The Morgan fingerprint density at radius 2 is 2.25 bits per heavy atom. The van der Waals surface area contributed by atoms with E-state index in [0.29, 0.717) is 18.4 Å². The summed E-state index contributed by atoms with van der Waals surface area (Å²) in [5.74, 6) is 0.809. The number of nitrogens with one attached hydrogen (secondary N) is 1. The third-order valence-corrected chi connectivity index (χ3v) is 6.88. The minimum absolute atomic E-state index is 0.0472. The molecule has 0 saturated carbocycles. The highest BCUT2D eigenvalue weighted by atomic mass is 35.5. The molecule has 0 spiro atoms. The molecule has 3 unspecified atom stereocenters. The predicted octanol–water partition coefficient (Wildman–Crippen LogP) is 0.692. The lowest BCUT2D eigenvalue weighted by molar-refractivity contribution is 0.326. The van der Waals surface area contributed by atoms with Gasteiger partial charge in [0.25, 0.3) is 10.0 Å². The van der Waals surface area contributed by atoms with Gasteiger partial charge in [-0.1, -0.05) is 18.5 Å². The summed E-state index contributed by atoms with van der Waals surface area (Å²) in [5, 5.41) is 7.59. The molecule has 1 aromatic heterocycles. The third kappa shape index (κ3) is 1.99. The minimum Gasteiger partial charge on any atom is -0.316 e. The first-order valence-corrected chi connectivity index (χ1v) is 8.68. The molecule has 0 bridgehead atoms. The number of nitrogens with zero attached hydrogens (tertiary/aromatic N) is 3. The molecule has 2 aliphatic rings. The lowest BCUT2D eigenvalue weighted by Crippen LogP contribution is -2.40. The monoisotopic (exact) mass is 318 g/mol. The maximum Gasteiger partial charge on any atom is 0.262 e. The van der Waals surface area contributed by atoms with Crippen LogP contribution >= 0.6 is 11.6 Å². The van der Waals surface area contributed by atoms with E-state index in [-0.39, 0.29) is 16.1 Å². The fraction of sp³-hybridized carbons (Fsp3) is 0.750. The summed E-state index contributed by atoms with van der Waals surface area (Å²) in [6.07, 6.45) is 2.20. The van der Waals surface area contributed by atoms with E-state index in [0.717, 1.165) is 19.5 Å². The number of halogens is 1. The standard InChI is InChI=1S/C12H19ClN4O2S/c1-3-11-9-5-14-4-8(9)7-17(11)20(18,19)12-10(13)6-15-16(12)2/h6,8-9,11,14H,3-5,7H2,1-2H3. The van der Waals surface area contributed by atoms with Crippen molar-refractivity contribution < 1.29 is 8.42 Å². The molecule has 0 radical (unpaired) electrons. The average molecular weight is 319 g/mol. The molecular formula is C12H19ClN4O2S. The lowest BCUT2D eigenvalue weighted by atomic mass is 9.93. The molecule has 1 N–H and O–H groups in total. The maximum atomic E-state index is 12.9. The molecule has 0 aromatic carbocycles. The number of hydrogen-bond acceptors (Lipinski definition) is 4. The highest BCUT2D eigenvalue weighted by Crippen LogP contribution is 2.38. The zero-order chi connectivity index (χ0) is 14.5. The van der Waals surface area contributed by atoms with Crippen molar-refractivity contribution in [1.82, 2.24) is 19.4 Å². The molecule has 3 heterocycles. The molecule has 0 aliphatic carbocycles. The van der Waals surface area contributed by atoms with Crippen molar-refractivity contribution in [2.75, 3.05) is 19.6 Å². The van der Waals surface area contributed by atoms with Crippen LogP contribution in [0.3, 0.4) is 0 Å². The topological polar surface area (TPSA) is 67.2 Å². The zero-order valence-corrected chi connectivity index (χ0v) is 13.2. The van der Waals surface area contributed by atoms with Gasteiger partial charge in [-0.15, -0.1) is 0 Å². The van der Waals surface area contributed by atoms with Gasteiger partial charge >= 0.3 is 0 Å². The van der Waals surface area contributed by atoms with E-state index in [1.54, 1.807) is 11.4 Å². The van der Waals surface area contributed by atoms with Gasteiger partial charge in [-0.3, -0.25) is 4.68 Å². The normalized spacial score (nSPS) is 30.9. The van der Waals surface area contributed by atoms with Crippen molar-refractivity contribution in [3.8, 4) is 0 Å². The van der Waals surface area contributed by atoms with Gasteiger partial charge in [0.05, 0.1) is 11.2 Å². The van der Waals surface area contributed by atoms with Crippen molar-refractivity contribution in [3.63, 3.8) is 0 Å². The Kier molecular flexibility index (Phi) is 3.56. The van der Waals surface area contributed by atoms with E-state index in [2.05, 4.69) is 10.4 Å². The maximum absolute atomic E-state index is 12.9. The molecule has 2 fully saturated rings. The van der Waals surface area contributed by atoms with Crippen LogP contribution in [0, 0.1) is 11.8 Å². The van der Waals surface area contributed by atoms with Gasteiger partial charge in [0, 0.05) is 19.6 Å². The van der Waals surface area contributed by atoms with Crippen molar-refractivity contribution in [3.05, 3.63) is 11.2 Å². The molecule has 1 aromatic rings. The van der Waals surface area contributed by atoms with Gasteiger partial charge in [0.15, 0.2) is 5.03 Å². The fourth-order valence-electron chi connectivity index (χ4n) is 3.57. The average Bonchev–Trinajstić information content (AvgIpc) is 3.03. The minimum atomic E-state index is -3.59. The summed E-state index contributed by atoms with van der Waals surface area (Å²) in [6, 6.07) is 0.0472. The Bertz CT molecular complexity index is 595. The molecule has 3 atom stereocenters. The Morgan fingerprint density at radius 3 is 2.85 bits per heavy atom. The predicted molar refractivity (Wildman–Crippen MR) is 76.0 cm³/mol. The number of fused-ring (bicyclic) bond motifs is 1. The number of aromatic nitrogens is 2. The van der Waals surface area contributed by atoms with Crippen LogP contribution in [0.15, 0.2) is 11.2 Å². The molecule has 6 nitrogen and oxygen atoms in total. The third-order valence-electron chi connectivity index (χ3n) is 4.48. The summed E-state index contributed by atoms with van der Waals surface area (Å²) >= 11 is 6.02. The zero-order valence-electron chi connectivity index (χ0n) is 11.6. The summed E-state index contributed by atoms with van der Waals surface area (Å²) < 4.78 is 28.8. The second kappa shape index (κ2) is 4.98. The van der Waals surface area contributed by atoms with Gasteiger partial charge in [-0.05, 0) is 31.3 Å². The quantitative estimate of drug-likeness (QED) is 0.890. The molecule has 20 heavy (non-hydrogen) atoms. The van der Waals surface area contributed by atoms with Gasteiger partial charge < -0.3 is 5.32 Å². The van der Waals surface area contributed by atoms with Crippen LogP contribution in [0.5, 0.6) is 0 Å². The Hall–Kier alpha value is -0.630. The SMILES string of the molecule is CCC1C2CNCC2CN1S(=O)(=O)c1c(Cl)cnn1C. The summed E-state index contributed by atoms with van der Waals surface area (Å²) in [5.41, 5.74) is 0. The van der Waals surface area contributed by atoms with Crippen molar-refractivity contribution in [2.45, 2.75) is 24.4 Å². The molecule has 0 amide bonds. The summed E-state index contributed by atoms with van der Waals surface area (Å²) in [7, 11) is -1.98. The second-order valence-corrected chi connectivity index (χ2v) is 7.77. The summed E-state index contributed by atoms with van der Waals surface area (Å²) in [6.45, 7) is 4.40. The Morgan fingerprint density at radius 1 is 1.50 bits per heavy atom. The molecule has 112 valence electrons. The number of rotatable bonds is 3.